The molecule has 1 saturated heterocycles. The molecule has 6 nitrogen and oxygen atoms in total. The van der Waals surface area contributed by atoms with Crippen LogP contribution in [0, 0.1) is 0 Å². The molecular formula is C25H15Cl2N3O3S2. The maximum atomic E-state index is 13.6. The number of anilines is 1. The lowest BCUT2D eigenvalue weighted by atomic mass is 10.1. The lowest BCUT2D eigenvalue weighted by Gasteiger charge is -2.18. The van der Waals surface area contributed by atoms with Gasteiger partial charge in [0.25, 0.3) is 17.7 Å². The molecule has 1 fully saturated rings. The number of hydrogen-bond donors (Lipinski definition) is 1. The molecular weight excluding hydrogens is 525 g/mol. The maximum Gasteiger partial charge on any atom is 0.286 e. The van der Waals surface area contributed by atoms with E-state index in [-0.39, 0.29) is 37.8 Å². The first kappa shape index (κ1) is 23.6. The van der Waals surface area contributed by atoms with E-state index < -0.39 is 11.8 Å². The molecule has 1 N–H and O–H groups in total. The van der Waals surface area contributed by atoms with Crippen LogP contribution < -0.4 is 10.3 Å². The number of carbonyl (C=O) groups excluding carboxylic acids is 3. The third-order valence-corrected chi connectivity index (χ3v) is 7.61. The molecule has 2 heterocycles. The van der Waals surface area contributed by atoms with Gasteiger partial charge in [-0.2, -0.15) is 5.01 Å². The molecule has 10 heteroatoms. The van der Waals surface area contributed by atoms with Crippen molar-refractivity contribution in [3.05, 3.63) is 104 Å². The van der Waals surface area contributed by atoms with Crippen molar-refractivity contribution in [3.63, 3.8) is 0 Å². The molecule has 3 aromatic carbocycles. The number of halogens is 2. The Morgan fingerprint density at radius 2 is 1.54 bits per heavy atom. The summed E-state index contributed by atoms with van der Waals surface area (Å²) in [6.45, 7) is 0.239. The predicted octanol–water partition coefficient (Wildman–Crippen LogP) is 5.46. The van der Waals surface area contributed by atoms with Gasteiger partial charge in [0.15, 0.2) is 4.32 Å². The van der Waals surface area contributed by atoms with Crippen molar-refractivity contribution in [3.8, 4) is 0 Å². The lowest BCUT2D eigenvalue weighted by molar-refractivity contribution is -0.124. The van der Waals surface area contributed by atoms with E-state index in [9.17, 15) is 14.4 Å². The molecule has 0 bridgehead atoms. The number of hydrogen-bond acceptors (Lipinski definition) is 5. The fourth-order valence-corrected chi connectivity index (χ4v) is 5.54. The molecule has 0 radical (unpaired) electrons. The number of para-hydroxylation sites is 1. The summed E-state index contributed by atoms with van der Waals surface area (Å²) in [5.74, 6) is -1.51. The second-order valence-corrected chi connectivity index (χ2v) is 10.1. The number of nitrogens with zero attached hydrogens (tertiary/aromatic N) is 2. The number of rotatable bonds is 4. The molecule has 2 aliphatic heterocycles. The van der Waals surface area contributed by atoms with E-state index >= 15 is 0 Å². The second-order valence-electron chi connectivity index (χ2n) is 7.63. The number of benzene rings is 3. The number of carbonyl (C=O) groups is 3. The Morgan fingerprint density at radius 1 is 0.886 bits per heavy atom. The van der Waals surface area contributed by atoms with E-state index in [1.54, 1.807) is 41.3 Å². The molecule has 0 spiro atoms. The number of fused-ring (bicyclic) bond motifs is 1. The molecule has 0 saturated carbocycles. The van der Waals surface area contributed by atoms with E-state index in [1.807, 2.05) is 30.3 Å². The van der Waals surface area contributed by atoms with Crippen LogP contribution in [0.3, 0.4) is 0 Å². The van der Waals surface area contributed by atoms with Gasteiger partial charge >= 0.3 is 0 Å². The van der Waals surface area contributed by atoms with Gasteiger partial charge in [0.2, 0.25) is 0 Å². The van der Waals surface area contributed by atoms with E-state index in [1.165, 1.54) is 6.07 Å². The van der Waals surface area contributed by atoms with Gasteiger partial charge in [-0.3, -0.25) is 19.8 Å². The Kier molecular flexibility index (Phi) is 6.37. The fourth-order valence-electron chi connectivity index (χ4n) is 3.88. The van der Waals surface area contributed by atoms with Crippen molar-refractivity contribution >= 4 is 80.5 Å². The van der Waals surface area contributed by atoms with Crippen molar-refractivity contribution < 1.29 is 14.4 Å². The number of thiocarbonyl (C=S) groups is 1. The van der Waals surface area contributed by atoms with Crippen molar-refractivity contribution in [1.82, 2.24) is 10.4 Å². The highest BCUT2D eigenvalue weighted by Crippen LogP contribution is 2.45. The average molecular weight is 540 g/mol. The Labute approximate surface area is 220 Å². The minimum Gasteiger partial charge on any atom is -0.303 e. The smallest absolute Gasteiger partial charge is 0.286 e. The Bertz CT molecular complexity index is 1460. The van der Waals surface area contributed by atoms with Crippen LogP contribution in [0.4, 0.5) is 5.69 Å². The van der Waals surface area contributed by atoms with Crippen molar-refractivity contribution in [2.75, 3.05) is 4.90 Å². The molecule has 0 atom stereocenters. The first-order valence-electron chi connectivity index (χ1n) is 10.4. The first-order valence-corrected chi connectivity index (χ1v) is 12.4. The monoisotopic (exact) mass is 539 g/mol. The van der Waals surface area contributed by atoms with Gasteiger partial charge in [0.1, 0.15) is 0 Å². The third-order valence-electron chi connectivity index (χ3n) is 5.54. The Hall–Kier alpha value is -3.17. The van der Waals surface area contributed by atoms with E-state index in [0.717, 1.165) is 22.3 Å². The number of nitrogens with one attached hydrogen (secondary N) is 1. The normalized spacial score (nSPS) is 17.3. The van der Waals surface area contributed by atoms with Crippen molar-refractivity contribution in [2.45, 2.75) is 6.54 Å². The number of hydrazine groups is 1. The van der Waals surface area contributed by atoms with Gasteiger partial charge in [0.05, 0.1) is 33.3 Å². The molecule has 0 unspecified atom stereocenters. The molecule has 3 amide bonds. The van der Waals surface area contributed by atoms with Crippen LogP contribution in [-0.2, 0) is 16.1 Å². The number of thioether (sulfide) groups is 1. The molecule has 35 heavy (non-hydrogen) atoms. The molecule has 174 valence electrons. The van der Waals surface area contributed by atoms with Gasteiger partial charge in [-0.05, 0) is 42.0 Å². The molecule has 5 rings (SSSR count). The minimum absolute atomic E-state index is 0.104. The quantitative estimate of drug-likeness (QED) is 0.352. The predicted molar refractivity (Wildman–Crippen MR) is 142 cm³/mol. The average Bonchev–Trinajstić information content (AvgIpc) is 3.28. The van der Waals surface area contributed by atoms with Gasteiger partial charge in [0, 0.05) is 10.6 Å². The van der Waals surface area contributed by atoms with Crippen LogP contribution in [0.25, 0.3) is 5.57 Å². The van der Waals surface area contributed by atoms with Crippen LogP contribution in [0.1, 0.15) is 21.5 Å². The second kappa shape index (κ2) is 9.47. The third kappa shape index (κ3) is 4.23. The summed E-state index contributed by atoms with van der Waals surface area (Å²) >= 11 is 18.8. The highest BCUT2D eigenvalue weighted by atomic mass is 35.5. The summed E-state index contributed by atoms with van der Waals surface area (Å²) < 4.78 is 0.104. The Morgan fingerprint density at radius 3 is 2.29 bits per heavy atom. The van der Waals surface area contributed by atoms with Gasteiger partial charge in [-0.15, -0.1) is 0 Å². The van der Waals surface area contributed by atoms with Gasteiger partial charge in [-0.1, -0.05) is 83.5 Å². The standard InChI is InChI=1S/C25H15Cl2N3O3S2/c26-17-10-4-1-7-14(17)13-29-19-12-6-3-9-16(19)20(23(29)32)21-24(33)30(25(34)35-21)28-22(31)15-8-2-5-11-18(15)27/h1-12H,13H2,(H,28,31)/b21-20-. The largest absolute Gasteiger partial charge is 0.303 e. The summed E-state index contributed by atoms with van der Waals surface area (Å²) in [5.41, 5.74) is 5.00. The van der Waals surface area contributed by atoms with E-state index in [4.69, 9.17) is 35.4 Å². The fraction of sp³-hybridized carbons (Fsp3) is 0.0400. The molecule has 0 aromatic heterocycles. The SMILES string of the molecule is O=C(NN1C(=O)/C(=C2/C(=O)N(Cc3ccccc3Cl)c3ccccc32)SC1=S)c1ccccc1Cl. The summed E-state index contributed by atoms with van der Waals surface area (Å²) in [4.78, 5) is 41.4. The zero-order valence-corrected chi connectivity index (χ0v) is 21.0. The summed E-state index contributed by atoms with van der Waals surface area (Å²) in [7, 11) is 0. The summed E-state index contributed by atoms with van der Waals surface area (Å²) in [6.07, 6.45) is 0. The number of amides is 3. The van der Waals surface area contributed by atoms with Crippen LogP contribution in [0.5, 0.6) is 0 Å². The van der Waals surface area contributed by atoms with Crippen LogP contribution in [-0.4, -0.2) is 27.1 Å². The highest BCUT2D eigenvalue weighted by molar-refractivity contribution is 8.26. The first-order chi connectivity index (χ1) is 16.9. The van der Waals surface area contributed by atoms with E-state index in [2.05, 4.69) is 5.43 Å². The van der Waals surface area contributed by atoms with Crippen LogP contribution >= 0.6 is 47.2 Å². The van der Waals surface area contributed by atoms with Gasteiger partial charge in [-0.25, -0.2) is 0 Å². The van der Waals surface area contributed by atoms with E-state index in [0.29, 0.717) is 16.3 Å². The zero-order valence-electron chi connectivity index (χ0n) is 17.8. The van der Waals surface area contributed by atoms with Crippen molar-refractivity contribution in [2.24, 2.45) is 0 Å². The molecule has 0 aliphatic carbocycles. The highest BCUT2D eigenvalue weighted by Gasteiger charge is 2.42. The lowest BCUT2D eigenvalue weighted by Crippen LogP contribution is -2.45. The molecule has 3 aromatic rings. The Balaban J connectivity index is 1.49. The van der Waals surface area contributed by atoms with Crippen LogP contribution in [0.2, 0.25) is 10.0 Å². The maximum absolute atomic E-state index is 13.6. The zero-order chi connectivity index (χ0) is 24.7. The van der Waals surface area contributed by atoms with Crippen LogP contribution in [0.15, 0.2) is 77.7 Å². The molecule has 2 aliphatic rings. The minimum atomic E-state index is -0.586. The summed E-state index contributed by atoms with van der Waals surface area (Å²) in [6, 6.07) is 21.0. The van der Waals surface area contributed by atoms with Gasteiger partial charge < -0.3 is 4.90 Å². The topological polar surface area (TPSA) is 69.7 Å². The summed E-state index contributed by atoms with van der Waals surface area (Å²) in [5, 5.41) is 1.75. The van der Waals surface area contributed by atoms with Crippen molar-refractivity contribution in [1.29, 1.82) is 0 Å².